The number of phenols is 1. The fraction of sp³-hybridized carbons (Fsp3) is 0.348. The van der Waals surface area contributed by atoms with Crippen LogP contribution in [-0.2, 0) is 42.6 Å². The van der Waals surface area contributed by atoms with Gasteiger partial charge in [-0.25, -0.2) is 0 Å². The van der Waals surface area contributed by atoms with E-state index in [4.69, 9.17) is 13.8 Å². The number of thiazole rings is 1. The van der Waals surface area contributed by atoms with Crippen LogP contribution in [0.3, 0.4) is 0 Å². The summed E-state index contributed by atoms with van der Waals surface area (Å²) in [7, 11) is -8.04. The maximum absolute atomic E-state index is 13.2. The lowest BCUT2D eigenvalue weighted by molar-refractivity contribution is -0.132. The predicted molar refractivity (Wildman–Crippen MR) is 250 cm³/mol. The number of fused-ring (bicyclic) bond motifs is 2. The summed E-state index contributed by atoms with van der Waals surface area (Å²) in [5, 5.41) is 15.9. The van der Waals surface area contributed by atoms with E-state index in [0.29, 0.717) is 51.3 Å². The summed E-state index contributed by atoms with van der Waals surface area (Å²) in [5.41, 5.74) is 4.70. The van der Waals surface area contributed by atoms with Gasteiger partial charge in [-0.05, 0) is 98.6 Å². The quantitative estimate of drug-likeness (QED) is 0.0416. The van der Waals surface area contributed by atoms with Gasteiger partial charge in [0.05, 0.1) is 34.1 Å². The highest BCUT2D eigenvalue weighted by atomic mass is 32.2. The lowest BCUT2D eigenvalue weighted by atomic mass is 10.0. The number of benzene rings is 5. The van der Waals surface area contributed by atoms with E-state index in [1.165, 1.54) is 40.6 Å². The summed E-state index contributed by atoms with van der Waals surface area (Å²) in [6, 6.07) is 30.2. The van der Waals surface area contributed by atoms with Gasteiger partial charge < -0.3 is 29.9 Å². The van der Waals surface area contributed by atoms with Crippen molar-refractivity contribution in [2.24, 2.45) is 0 Å². The molecule has 17 heteroatoms. The second kappa shape index (κ2) is 24.8. The monoisotopic (exact) mass is 922 g/mol. The Bertz CT molecular complexity index is 2570. The van der Waals surface area contributed by atoms with Crippen molar-refractivity contribution >= 4 is 58.5 Å². The van der Waals surface area contributed by atoms with E-state index in [1.54, 1.807) is 30.3 Å². The highest BCUT2D eigenvalue weighted by Crippen LogP contribution is 2.28. The van der Waals surface area contributed by atoms with Gasteiger partial charge in [-0.2, -0.15) is 16.8 Å². The molecule has 5 N–H and O–H groups in total. The van der Waals surface area contributed by atoms with Crippen LogP contribution >= 0.6 is 11.3 Å². The lowest BCUT2D eigenvalue weighted by Crippen LogP contribution is -2.42. The Morgan fingerprint density at radius 3 is 1.92 bits per heavy atom. The molecule has 0 saturated heterocycles. The molecule has 6 rings (SSSR count). The van der Waals surface area contributed by atoms with E-state index >= 15 is 0 Å². The van der Waals surface area contributed by atoms with Crippen LogP contribution in [0, 0.1) is 13.8 Å². The van der Waals surface area contributed by atoms with E-state index in [-0.39, 0.29) is 26.3 Å². The summed E-state index contributed by atoms with van der Waals surface area (Å²) in [6.45, 7) is 14.4. The van der Waals surface area contributed by atoms with Gasteiger partial charge in [0.1, 0.15) is 11.3 Å². The largest absolute Gasteiger partial charge is 0.506 e. The van der Waals surface area contributed by atoms with Gasteiger partial charge in [-0.15, -0.1) is 0 Å². The van der Waals surface area contributed by atoms with Gasteiger partial charge in [-0.3, -0.25) is 18.7 Å². The molecular formula is C46H58N4O10S3. The van der Waals surface area contributed by atoms with Gasteiger partial charge in [0.25, 0.3) is 20.2 Å². The number of nitrogens with one attached hydrogen (secondary N) is 2. The Morgan fingerprint density at radius 1 is 0.714 bits per heavy atom. The number of phenolic OH excluding ortho intramolecular Hbond substituents is 1. The number of rotatable bonds is 19. The number of aromatic hydroxyl groups is 1. The molecule has 340 valence electrons. The standard InChI is InChI=1S/C32H42N4O4S.2C7H8O3S/c1-3-35(4-2)20-21-36(19-18-33-17-14-26-12-13-28(37)30-31(26)41-32(39)34-30)29(38)16-23-40-22-15-25-10-7-9-24-8-5-6-11-27(24)25;2*1-6-2-4-7(5-3-6)11(8,9)10/h5-13,33,37H,3-4,14-23H2,1-2H3,(H,34,39);2*2-5H,1H3,(H,8,9,10). The molecular weight excluding hydrogens is 865 g/mol. The third-order valence-electron chi connectivity index (χ3n) is 10.2. The Kier molecular flexibility index (Phi) is 19.9. The predicted octanol–water partition coefficient (Wildman–Crippen LogP) is 6.88. The number of carbonyl (C=O) groups excluding carboxylic acids is 1. The van der Waals surface area contributed by atoms with Crippen LogP contribution in [0.15, 0.2) is 118 Å². The molecule has 63 heavy (non-hydrogen) atoms. The second-order valence-corrected chi connectivity index (χ2v) is 18.5. The summed E-state index contributed by atoms with van der Waals surface area (Å²) >= 11 is 1.12. The van der Waals surface area contributed by atoms with Crippen molar-refractivity contribution < 1.29 is 40.6 Å². The van der Waals surface area contributed by atoms with E-state index in [1.807, 2.05) is 24.8 Å². The molecule has 0 saturated carbocycles. The van der Waals surface area contributed by atoms with E-state index in [9.17, 15) is 31.5 Å². The average molecular weight is 923 g/mol. The van der Waals surface area contributed by atoms with Crippen molar-refractivity contribution in [2.45, 2.75) is 56.7 Å². The van der Waals surface area contributed by atoms with Crippen LogP contribution < -0.4 is 10.2 Å². The number of aromatic nitrogens is 1. The van der Waals surface area contributed by atoms with Crippen LogP contribution in [0.25, 0.3) is 21.0 Å². The molecule has 0 aliphatic rings. The maximum atomic E-state index is 13.2. The zero-order valence-corrected chi connectivity index (χ0v) is 38.6. The van der Waals surface area contributed by atoms with Crippen LogP contribution in [0.5, 0.6) is 5.75 Å². The lowest BCUT2D eigenvalue weighted by Gasteiger charge is -2.27. The number of ether oxygens (including phenoxy) is 1. The number of aryl methyl sites for hydroxylation is 2. The minimum absolute atomic E-state index is 0.0666. The SMILES string of the molecule is CCN(CC)CCN(CCNCCc1ccc(O)c2[nH]c(=O)sc12)C(=O)CCOCCc1cccc2ccccc12.Cc1ccc(S(=O)(=O)O)cc1.Cc1ccc(S(=O)(=O)O)cc1. The number of nitrogens with zero attached hydrogens (tertiary/aromatic N) is 2. The summed E-state index contributed by atoms with van der Waals surface area (Å²) in [4.78, 5) is 31.6. The fourth-order valence-corrected chi connectivity index (χ4v) is 8.39. The Labute approximate surface area is 374 Å². The van der Waals surface area contributed by atoms with Crippen LogP contribution in [0.1, 0.15) is 42.5 Å². The first-order chi connectivity index (χ1) is 30.0. The Balaban J connectivity index is 0.000000320. The minimum Gasteiger partial charge on any atom is -0.506 e. The van der Waals surface area contributed by atoms with Crippen LogP contribution in [0.2, 0.25) is 0 Å². The number of carbonyl (C=O) groups is 1. The Morgan fingerprint density at radius 2 is 1.32 bits per heavy atom. The molecule has 0 unspecified atom stereocenters. The van der Waals surface area contributed by atoms with Crippen LogP contribution in [-0.4, -0.2) is 111 Å². The molecule has 1 amide bonds. The second-order valence-electron chi connectivity index (χ2n) is 14.7. The number of hydrogen-bond acceptors (Lipinski definition) is 11. The third kappa shape index (κ3) is 16.6. The summed E-state index contributed by atoms with van der Waals surface area (Å²) in [5.74, 6) is 0.205. The first-order valence-corrected chi connectivity index (χ1v) is 24.4. The van der Waals surface area contributed by atoms with E-state index < -0.39 is 20.2 Å². The van der Waals surface area contributed by atoms with Crippen molar-refractivity contribution in [1.29, 1.82) is 0 Å². The highest BCUT2D eigenvalue weighted by Gasteiger charge is 2.15. The zero-order chi connectivity index (χ0) is 46.0. The normalized spacial score (nSPS) is 11.5. The molecule has 1 heterocycles. The average Bonchev–Trinajstić information content (AvgIpc) is 3.66. The summed E-state index contributed by atoms with van der Waals surface area (Å²) in [6.07, 6.45) is 1.91. The van der Waals surface area contributed by atoms with Crippen molar-refractivity contribution in [3.05, 3.63) is 135 Å². The van der Waals surface area contributed by atoms with Crippen molar-refractivity contribution in [3.8, 4) is 5.75 Å². The number of amides is 1. The molecule has 0 atom stereocenters. The smallest absolute Gasteiger partial charge is 0.305 e. The third-order valence-corrected chi connectivity index (χ3v) is 12.9. The van der Waals surface area contributed by atoms with Gasteiger partial charge in [-0.1, -0.05) is 109 Å². The first-order valence-electron chi connectivity index (χ1n) is 20.7. The van der Waals surface area contributed by atoms with Gasteiger partial charge in [0.15, 0.2) is 0 Å². The van der Waals surface area contributed by atoms with Gasteiger partial charge in [0, 0.05) is 26.2 Å². The van der Waals surface area contributed by atoms with Crippen molar-refractivity contribution in [1.82, 2.24) is 20.1 Å². The molecule has 1 aromatic heterocycles. The van der Waals surface area contributed by atoms with E-state index in [2.05, 4.69) is 71.5 Å². The molecule has 6 aromatic rings. The number of likely N-dealkylation sites (N-methyl/N-ethyl adjacent to an activating group) is 1. The van der Waals surface area contributed by atoms with Gasteiger partial charge in [0.2, 0.25) is 5.91 Å². The molecule has 0 bridgehead atoms. The summed E-state index contributed by atoms with van der Waals surface area (Å²) < 4.78 is 65.8. The van der Waals surface area contributed by atoms with Gasteiger partial charge >= 0.3 is 4.87 Å². The molecule has 0 fully saturated rings. The highest BCUT2D eigenvalue weighted by molar-refractivity contribution is 7.86. The molecule has 0 spiro atoms. The maximum Gasteiger partial charge on any atom is 0.305 e. The Hall–Kier alpha value is -4.98. The van der Waals surface area contributed by atoms with Crippen molar-refractivity contribution in [2.75, 3.05) is 59.0 Å². The molecule has 0 aliphatic carbocycles. The fourth-order valence-electron chi connectivity index (χ4n) is 6.53. The van der Waals surface area contributed by atoms with E-state index in [0.717, 1.165) is 65.2 Å². The molecule has 0 aliphatic heterocycles. The molecule has 5 aromatic carbocycles. The first kappa shape index (κ1) is 50.7. The molecule has 0 radical (unpaired) electrons. The number of hydrogen-bond donors (Lipinski definition) is 5. The minimum atomic E-state index is -4.02. The number of H-pyrrole nitrogens is 1. The number of aromatic amines is 1. The van der Waals surface area contributed by atoms with Crippen molar-refractivity contribution in [3.63, 3.8) is 0 Å². The zero-order valence-electron chi connectivity index (χ0n) is 36.1. The topological polar surface area (TPSA) is 207 Å². The molecule has 14 nitrogen and oxygen atoms in total. The van der Waals surface area contributed by atoms with Crippen LogP contribution in [0.4, 0.5) is 0 Å².